The summed E-state index contributed by atoms with van der Waals surface area (Å²) in [4.78, 5) is 12.1. The first kappa shape index (κ1) is 16.1. The van der Waals surface area contributed by atoms with Gasteiger partial charge >= 0.3 is 0 Å². The molecule has 0 atom stereocenters. The number of para-hydroxylation sites is 1. The van der Waals surface area contributed by atoms with Crippen molar-refractivity contribution >= 4 is 16.9 Å². The van der Waals surface area contributed by atoms with Crippen molar-refractivity contribution in [2.24, 2.45) is 0 Å². The molecule has 2 heterocycles. The molecule has 2 aromatic heterocycles. The van der Waals surface area contributed by atoms with Crippen LogP contribution in [0.1, 0.15) is 16.8 Å². The second-order valence-electron chi connectivity index (χ2n) is 6.27. The zero-order valence-electron chi connectivity index (χ0n) is 14.4. The maximum Gasteiger partial charge on any atom is 0.224 e. The average molecular weight is 346 g/mol. The van der Waals surface area contributed by atoms with Gasteiger partial charge in [-0.15, -0.1) is 0 Å². The Hall–Kier alpha value is -3.34. The molecular formula is C21H18N2O3. The van der Waals surface area contributed by atoms with Crippen LogP contribution in [0.15, 0.2) is 69.6 Å². The van der Waals surface area contributed by atoms with Gasteiger partial charge in [-0.3, -0.25) is 4.79 Å². The highest BCUT2D eigenvalue weighted by Crippen LogP contribution is 2.28. The van der Waals surface area contributed by atoms with Crippen LogP contribution >= 0.6 is 0 Å². The lowest BCUT2D eigenvalue weighted by Crippen LogP contribution is -2.24. The fraction of sp³-hybridized carbons (Fsp3) is 0.143. The molecule has 4 rings (SSSR count). The van der Waals surface area contributed by atoms with E-state index in [2.05, 4.69) is 10.5 Å². The molecule has 0 aliphatic heterocycles. The van der Waals surface area contributed by atoms with Crippen LogP contribution in [0.5, 0.6) is 0 Å². The first-order chi connectivity index (χ1) is 12.7. The van der Waals surface area contributed by atoms with Crippen LogP contribution < -0.4 is 5.32 Å². The summed E-state index contributed by atoms with van der Waals surface area (Å²) in [7, 11) is 0. The summed E-state index contributed by atoms with van der Waals surface area (Å²) >= 11 is 0. The third-order valence-corrected chi connectivity index (χ3v) is 4.14. The van der Waals surface area contributed by atoms with Crippen molar-refractivity contribution in [2.75, 3.05) is 0 Å². The smallest absolute Gasteiger partial charge is 0.224 e. The van der Waals surface area contributed by atoms with Crippen LogP contribution in [-0.2, 0) is 17.8 Å². The third-order valence-electron chi connectivity index (χ3n) is 4.14. The van der Waals surface area contributed by atoms with E-state index in [0.29, 0.717) is 30.2 Å². The van der Waals surface area contributed by atoms with Crippen LogP contribution in [0, 0.1) is 6.92 Å². The number of aromatic nitrogens is 1. The number of hydrogen-bond acceptors (Lipinski definition) is 4. The number of amides is 1. The Bertz CT molecular complexity index is 1030. The zero-order valence-corrected chi connectivity index (χ0v) is 14.4. The van der Waals surface area contributed by atoms with Crippen molar-refractivity contribution < 1.29 is 13.7 Å². The van der Waals surface area contributed by atoms with Crippen molar-refractivity contribution in [2.45, 2.75) is 19.9 Å². The van der Waals surface area contributed by atoms with E-state index in [0.717, 1.165) is 22.1 Å². The maximum absolute atomic E-state index is 12.1. The number of benzene rings is 2. The van der Waals surface area contributed by atoms with Crippen molar-refractivity contribution in [3.05, 3.63) is 77.5 Å². The molecule has 1 N–H and O–H groups in total. The molecule has 2 aromatic carbocycles. The Morgan fingerprint density at radius 2 is 1.92 bits per heavy atom. The lowest BCUT2D eigenvalue weighted by atomic mass is 10.1. The lowest BCUT2D eigenvalue weighted by molar-refractivity contribution is -0.120. The molecule has 4 aromatic rings. The monoisotopic (exact) mass is 346 g/mol. The Labute approximate surface area is 150 Å². The SMILES string of the molecule is Cc1cccc(CC(=O)NCc2cc(-c3cc4ccccc4o3)on2)c1. The quantitative estimate of drug-likeness (QED) is 0.586. The molecule has 0 fully saturated rings. The van der Waals surface area contributed by atoms with E-state index in [-0.39, 0.29) is 5.91 Å². The van der Waals surface area contributed by atoms with Gasteiger partial charge in [-0.1, -0.05) is 53.2 Å². The van der Waals surface area contributed by atoms with Crippen molar-refractivity contribution in [1.29, 1.82) is 0 Å². The fourth-order valence-electron chi connectivity index (χ4n) is 2.87. The molecular weight excluding hydrogens is 328 g/mol. The highest BCUT2D eigenvalue weighted by molar-refractivity contribution is 5.82. The summed E-state index contributed by atoms with van der Waals surface area (Å²) in [5.74, 6) is 1.11. The minimum absolute atomic E-state index is 0.0520. The van der Waals surface area contributed by atoms with Crippen molar-refractivity contribution in [3.8, 4) is 11.5 Å². The molecule has 5 heteroatoms. The van der Waals surface area contributed by atoms with Gasteiger partial charge in [0.05, 0.1) is 13.0 Å². The van der Waals surface area contributed by atoms with E-state index in [1.165, 1.54) is 0 Å². The lowest BCUT2D eigenvalue weighted by Gasteiger charge is -2.03. The largest absolute Gasteiger partial charge is 0.453 e. The molecule has 0 bridgehead atoms. The summed E-state index contributed by atoms with van der Waals surface area (Å²) in [5.41, 5.74) is 3.58. The summed E-state index contributed by atoms with van der Waals surface area (Å²) < 4.78 is 11.1. The maximum atomic E-state index is 12.1. The summed E-state index contributed by atoms with van der Waals surface area (Å²) in [6, 6.07) is 19.4. The highest BCUT2D eigenvalue weighted by atomic mass is 16.5. The van der Waals surface area contributed by atoms with Gasteiger partial charge in [0.1, 0.15) is 11.3 Å². The van der Waals surface area contributed by atoms with Gasteiger partial charge in [0.25, 0.3) is 0 Å². The summed E-state index contributed by atoms with van der Waals surface area (Å²) in [6.07, 6.45) is 0.343. The Morgan fingerprint density at radius 1 is 1.04 bits per heavy atom. The van der Waals surface area contributed by atoms with Crippen LogP contribution in [-0.4, -0.2) is 11.1 Å². The second kappa shape index (κ2) is 6.88. The number of carbonyl (C=O) groups excluding carboxylic acids is 1. The van der Waals surface area contributed by atoms with Crippen molar-refractivity contribution in [3.63, 3.8) is 0 Å². The second-order valence-corrected chi connectivity index (χ2v) is 6.27. The minimum atomic E-state index is -0.0520. The number of aryl methyl sites for hydroxylation is 1. The fourth-order valence-corrected chi connectivity index (χ4v) is 2.87. The van der Waals surface area contributed by atoms with Gasteiger partial charge in [-0.2, -0.15) is 0 Å². The van der Waals surface area contributed by atoms with Crippen LogP contribution in [0.2, 0.25) is 0 Å². The molecule has 0 aliphatic rings. The minimum Gasteiger partial charge on any atom is -0.453 e. The number of rotatable bonds is 5. The third kappa shape index (κ3) is 3.52. The number of nitrogens with one attached hydrogen (secondary N) is 1. The molecule has 26 heavy (non-hydrogen) atoms. The highest BCUT2D eigenvalue weighted by Gasteiger charge is 2.12. The molecule has 0 aliphatic carbocycles. The van der Waals surface area contributed by atoms with Crippen LogP contribution in [0.4, 0.5) is 0 Å². The van der Waals surface area contributed by atoms with Gasteiger partial charge < -0.3 is 14.3 Å². The van der Waals surface area contributed by atoms with Gasteiger partial charge in [0.15, 0.2) is 5.76 Å². The molecule has 0 radical (unpaired) electrons. The van der Waals surface area contributed by atoms with Gasteiger partial charge in [0.2, 0.25) is 11.7 Å². The predicted octanol–water partition coefficient (Wildman–Crippen LogP) is 4.26. The molecule has 1 amide bonds. The molecule has 5 nitrogen and oxygen atoms in total. The number of carbonyl (C=O) groups is 1. The Morgan fingerprint density at radius 3 is 2.77 bits per heavy atom. The average Bonchev–Trinajstić information content (AvgIpc) is 3.26. The van der Waals surface area contributed by atoms with Gasteiger partial charge in [-0.25, -0.2) is 0 Å². The van der Waals surface area contributed by atoms with E-state index >= 15 is 0 Å². The topological polar surface area (TPSA) is 68.3 Å². The van der Waals surface area contributed by atoms with E-state index in [9.17, 15) is 4.79 Å². The Balaban J connectivity index is 1.39. The molecule has 0 saturated heterocycles. The standard InChI is InChI=1S/C21H18N2O3/c1-14-5-4-6-15(9-14)10-21(24)22-13-17-12-20(26-23-17)19-11-16-7-2-3-8-18(16)25-19/h2-9,11-12H,10,13H2,1H3,(H,22,24). The first-order valence-electron chi connectivity index (χ1n) is 8.44. The van der Waals surface area contributed by atoms with E-state index in [4.69, 9.17) is 8.94 Å². The first-order valence-corrected chi connectivity index (χ1v) is 8.44. The van der Waals surface area contributed by atoms with E-state index in [1.807, 2.05) is 61.5 Å². The summed E-state index contributed by atoms with van der Waals surface area (Å²) in [5, 5.41) is 7.88. The van der Waals surface area contributed by atoms with Gasteiger partial charge in [0, 0.05) is 11.5 Å². The van der Waals surface area contributed by atoms with E-state index in [1.54, 1.807) is 6.07 Å². The molecule has 0 unspecified atom stereocenters. The van der Waals surface area contributed by atoms with Crippen LogP contribution in [0.25, 0.3) is 22.5 Å². The number of furan rings is 1. The zero-order chi connectivity index (χ0) is 17.9. The predicted molar refractivity (Wildman–Crippen MR) is 98.4 cm³/mol. The van der Waals surface area contributed by atoms with Crippen LogP contribution in [0.3, 0.4) is 0 Å². The molecule has 130 valence electrons. The normalized spacial score (nSPS) is 11.0. The number of nitrogens with zero attached hydrogens (tertiary/aromatic N) is 1. The molecule has 0 spiro atoms. The Kier molecular flexibility index (Phi) is 4.27. The van der Waals surface area contributed by atoms with Gasteiger partial charge in [-0.05, 0) is 24.6 Å². The number of hydrogen-bond donors (Lipinski definition) is 1. The van der Waals surface area contributed by atoms with E-state index < -0.39 is 0 Å². The molecule has 0 saturated carbocycles. The summed E-state index contributed by atoms with van der Waals surface area (Å²) in [6.45, 7) is 2.32. The number of fused-ring (bicyclic) bond motifs is 1. The van der Waals surface area contributed by atoms with Crippen molar-refractivity contribution in [1.82, 2.24) is 10.5 Å².